The smallest absolute Gasteiger partial charge is 0.168 e. The SMILES string of the molecule is Cc1nnc(-c2ccc(-c3ccccc3)cc2)n1-c1ccc(O)cc1. The Morgan fingerprint density at radius 1 is 0.680 bits per heavy atom. The monoisotopic (exact) mass is 327 g/mol. The van der Waals surface area contributed by atoms with E-state index < -0.39 is 0 Å². The Labute approximate surface area is 146 Å². The fraction of sp³-hybridized carbons (Fsp3) is 0.0476. The zero-order valence-electron chi connectivity index (χ0n) is 13.8. The second kappa shape index (κ2) is 6.24. The number of phenols is 1. The number of rotatable bonds is 3. The Hall–Kier alpha value is -3.40. The number of aromatic nitrogens is 3. The molecule has 0 aliphatic heterocycles. The quantitative estimate of drug-likeness (QED) is 0.597. The standard InChI is InChI=1S/C21H17N3O/c1-15-22-23-21(24(15)19-11-13-20(25)14-12-19)18-9-7-17(8-10-18)16-5-3-2-4-6-16/h2-14,25H,1H3. The van der Waals surface area contributed by atoms with Gasteiger partial charge in [0.1, 0.15) is 11.6 Å². The number of phenolic OH excluding ortho intramolecular Hbond substituents is 1. The molecule has 0 spiro atoms. The first-order valence-electron chi connectivity index (χ1n) is 8.10. The minimum atomic E-state index is 0.239. The number of nitrogens with zero attached hydrogens (tertiary/aromatic N) is 3. The van der Waals surface area contributed by atoms with E-state index in [4.69, 9.17) is 0 Å². The van der Waals surface area contributed by atoms with Crippen molar-refractivity contribution in [3.05, 3.63) is 84.7 Å². The van der Waals surface area contributed by atoms with E-state index in [1.165, 1.54) is 5.56 Å². The number of aryl methyl sites for hydroxylation is 1. The van der Waals surface area contributed by atoms with Crippen molar-refractivity contribution in [3.8, 4) is 34.0 Å². The average molecular weight is 327 g/mol. The van der Waals surface area contributed by atoms with Gasteiger partial charge in [0, 0.05) is 11.3 Å². The van der Waals surface area contributed by atoms with Crippen LogP contribution in [0.25, 0.3) is 28.2 Å². The molecule has 1 N–H and O–H groups in total. The van der Waals surface area contributed by atoms with E-state index in [9.17, 15) is 5.11 Å². The maximum Gasteiger partial charge on any atom is 0.168 e. The minimum Gasteiger partial charge on any atom is -0.508 e. The van der Waals surface area contributed by atoms with Gasteiger partial charge in [0.15, 0.2) is 5.82 Å². The van der Waals surface area contributed by atoms with Crippen molar-refractivity contribution in [1.82, 2.24) is 14.8 Å². The molecule has 0 fully saturated rings. The van der Waals surface area contributed by atoms with E-state index in [1.807, 2.05) is 41.8 Å². The fourth-order valence-corrected chi connectivity index (χ4v) is 2.90. The summed E-state index contributed by atoms with van der Waals surface area (Å²) in [6.07, 6.45) is 0. The summed E-state index contributed by atoms with van der Waals surface area (Å²) in [5, 5.41) is 18.1. The molecule has 4 aromatic rings. The molecule has 4 rings (SSSR count). The second-order valence-electron chi connectivity index (χ2n) is 5.87. The van der Waals surface area contributed by atoms with Crippen molar-refractivity contribution in [2.24, 2.45) is 0 Å². The van der Waals surface area contributed by atoms with Gasteiger partial charge in [0.05, 0.1) is 0 Å². The van der Waals surface area contributed by atoms with Crippen molar-refractivity contribution in [2.75, 3.05) is 0 Å². The topological polar surface area (TPSA) is 50.9 Å². The first-order chi connectivity index (χ1) is 12.2. The number of benzene rings is 3. The van der Waals surface area contributed by atoms with Crippen LogP contribution in [0.1, 0.15) is 5.82 Å². The molecule has 3 aromatic carbocycles. The summed E-state index contributed by atoms with van der Waals surface area (Å²) < 4.78 is 1.98. The molecule has 0 amide bonds. The molecule has 1 aromatic heterocycles. The van der Waals surface area contributed by atoms with Crippen LogP contribution in [0.4, 0.5) is 0 Å². The lowest BCUT2D eigenvalue weighted by atomic mass is 10.0. The fourth-order valence-electron chi connectivity index (χ4n) is 2.90. The summed E-state index contributed by atoms with van der Waals surface area (Å²) in [5.41, 5.74) is 4.26. The van der Waals surface area contributed by atoms with Crippen LogP contribution in [0.5, 0.6) is 5.75 Å². The largest absolute Gasteiger partial charge is 0.508 e. The molecule has 0 saturated heterocycles. The van der Waals surface area contributed by atoms with Gasteiger partial charge in [-0.15, -0.1) is 10.2 Å². The Bertz CT molecular complexity index is 988. The molecule has 4 heteroatoms. The molecule has 0 radical (unpaired) electrons. The molecule has 1 heterocycles. The highest BCUT2D eigenvalue weighted by Gasteiger charge is 2.13. The van der Waals surface area contributed by atoms with Crippen molar-refractivity contribution in [3.63, 3.8) is 0 Å². The van der Waals surface area contributed by atoms with Gasteiger partial charge in [-0.05, 0) is 42.3 Å². The van der Waals surface area contributed by atoms with Gasteiger partial charge in [-0.25, -0.2) is 0 Å². The Morgan fingerprint density at radius 3 is 1.96 bits per heavy atom. The highest BCUT2D eigenvalue weighted by molar-refractivity contribution is 5.68. The third-order valence-electron chi connectivity index (χ3n) is 4.18. The van der Waals surface area contributed by atoms with Gasteiger partial charge in [0.25, 0.3) is 0 Å². The molecule has 0 aliphatic carbocycles. The van der Waals surface area contributed by atoms with Gasteiger partial charge in [-0.1, -0.05) is 54.6 Å². The summed E-state index contributed by atoms with van der Waals surface area (Å²) in [7, 11) is 0. The summed E-state index contributed by atoms with van der Waals surface area (Å²) in [4.78, 5) is 0. The summed E-state index contributed by atoms with van der Waals surface area (Å²) in [6.45, 7) is 1.92. The van der Waals surface area contributed by atoms with Crippen molar-refractivity contribution >= 4 is 0 Å². The first kappa shape index (κ1) is 15.1. The van der Waals surface area contributed by atoms with Crippen LogP contribution in [0.2, 0.25) is 0 Å². The van der Waals surface area contributed by atoms with Gasteiger partial charge in [0.2, 0.25) is 0 Å². The molecule has 0 unspecified atom stereocenters. The Morgan fingerprint density at radius 2 is 1.28 bits per heavy atom. The molecule has 0 atom stereocenters. The van der Waals surface area contributed by atoms with E-state index in [0.29, 0.717) is 0 Å². The third-order valence-corrected chi connectivity index (χ3v) is 4.18. The van der Waals surface area contributed by atoms with Crippen molar-refractivity contribution in [1.29, 1.82) is 0 Å². The lowest BCUT2D eigenvalue weighted by molar-refractivity contribution is 0.475. The summed E-state index contributed by atoms with van der Waals surface area (Å²) in [6, 6.07) is 25.6. The van der Waals surface area contributed by atoms with Crippen LogP contribution in [0.15, 0.2) is 78.9 Å². The number of aromatic hydroxyl groups is 1. The highest BCUT2D eigenvalue weighted by atomic mass is 16.3. The molecule has 4 nitrogen and oxygen atoms in total. The van der Waals surface area contributed by atoms with E-state index in [-0.39, 0.29) is 5.75 Å². The summed E-state index contributed by atoms with van der Waals surface area (Å²) in [5.74, 6) is 1.82. The van der Waals surface area contributed by atoms with Crippen LogP contribution in [-0.4, -0.2) is 19.9 Å². The summed E-state index contributed by atoms with van der Waals surface area (Å²) >= 11 is 0. The van der Waals surface area contributed by atoms with E-state index in [2.05, 4.69) is 46.6 Å². The molecule has 122 valence electrons. The molecule has 0 saturated carbocycles. The zero-order valence-corrected chi connectivity index (χ0v) is 13.8. The van der Waals surface area contributed by atoms with Crippen LogP contribution >= 0.6 is 0 Å². The average Bonchev–Trinajstić information content (AvgIpc) is 3.05. The van der Waals surface area contributed by atoms with Crippen LogP contribution in [0, 0.1) is 6.92 Å². The normalized spacial score (nSPS) is 10.8. The number of hydrogen-bond donors (Lipinski definition) is 1. The maximum atomic E-state index is 9.51. The molecule has 0 bridgehead atoms. The minimum absolute atomic E-state index is 0.239. The highest BCUT2D eigenvalue weighted by Crippen LogP contribution is 2.26. The first-order valence-corrected chi connectivity index (χ1v) is 8.10. The Balaban J connectivity index is 1.75. The third kappa shape index (κ3) is 2.90. The van der Waals surface area contributed by atoms with Crippen LogP contribution < -0.4 is 0 Å². The molecule has 25 heavy (non-hydrogen) atoms. The lowest BCUT2D eigenvalue weighted by Gasteiger charge is -2.09. The van der Waals surface area contributed by atoms with Crippen LogP contribution in [-0.2, 0) is 0 Å². The maximum absolute atomic E-state index is 9.51. The molecule has 0 aliphatic rings. The van der Waals surface area contributed by atoms with Gasteiger partial charge < -0.3 is 5.11 Å². The van der Waals surface area contributed by atoms with E-state index in [1.54, 1.807) is 12.1 Å². The molecular formula is C21H17N3O. The Kier molecular flexibility index (Phi) is 3.78. The predicted octanol–water partition coefficient (Wildman–Crippen LogP) is 4.62. The van der Waals surface area contributed by atoms with Crippen LogP contribution in [0.3, 0.4) is 0 Å². The van der Waals surface area contributed by atoms with Crippen molar-refractivity contribution in [2.45, 2.75) is 6.92 Å². The number of hydrogen-bond acceptors (Lipinski definition) is 3. The van der Waals surface area contributed by atoms with E-state index in [0.717, 1.165) is 28.5 Å². The van der Waals surface area contributed by atoms with Gasteiger partial charge >= 0.3 is 0 Å². The predicted molar refractivity (Wildman–Crippen MR) is 98.6 cm³/mol. The second-order valence-corrected chi connectivity index (χ2v) is 5.87. The van der Waals surface area contributed by atoms with Gasteiger partial charge in [-0.2, -0.15) is 0 Å². The van der Waals surface area contributed by atoms with E-state index >= 15 is 0 Å². The molecular weight excluding hydrogens is 310 g/mol. The van der Waals surface area contributed by atoms with Crippen molar-refractivity contribution < 1.29 is 5.11 Å². The van der Waals surface area contributed by atoms with Gasteiger partial charge in [-0.3, -0.25) is 4.57 Å². The lowest BCUT2D eigenvalue weighted by Crippen LogP contribution is -1.99. The zero-order chi connectivity index (χ0) is 17.2.